The highest BCUT2D eigenvalue weighted by molar-refractivity contribution is 5.99. The molecule has 0 aliphatic carbocycles. The van der Waals surface area contributed by atoms with E-state index in [-0.39, 0.29) is 5.82 Å². The van der Waals surface area contributed by atoms with E-state index in [9.17, 15) is 9.18 Å². The first-order valence-electron chi connectivity index (χ1n) is 8.85. The quantitative estimate of drug-likeness (QED) is 0.538. The maximum absolute atomic E-state index is 13.9. The number of nitrogens with one attached hydrogen (secondary N) is 1. The van der Waals surface area contributed by atoms with Gasteiger partial charge in [0.25, 0.3) is 0 Å². The molecule has 0 amide bonds. The number of hydrogen-bond acceptors (Lipinski definition) is 5. The number of aromatic nitrogens is 4. The van der Waals surface area contributed by atoms with Crippen molar-refractivity contribution in [3.05, 3.63) is 47.8 Å². The fourth-order valence-electron chi connectivity index (χ4n) is 3.23. The average molecular weight is 381 g/mol. The summed E-state index contributed by atoms with van der Waals surface area (Å²) in [6, 6.07) is 9.74. The summed E-state index contributed by atoms with van der Waals surface area (Å²) < 4.78 is 20.7. The number of methoxy groups -OCH3 is 1. The van der Waals surface area contributed by atoms with Gasteiger partial charge in [0, 0.05) is 18.5 Å². The highest BCUT2D eigenvalue weighted by Gasteiger charge is 2.19. The number of halogens is 1. The molecule has 28 heavy (non-hydrogen) atoms. The van der Waals surface area contributed by atoms with Crippen molar-refractivity contribution in [3.8, 4) is 11.5 Å². The van der Waals surface area contributed by atoms with Gasteiger partial charge in [0.05, 0.1) is 29.2 Å². The summed E-state index contributed by atoms with van der Waals surface area (Å²) in [5.41, 5.74) is 3.21. The maximum atomic E-state index is 13.9. The van der Waals surface area contributed by atoms with Crippen LogP contribution in [0.4, 0.5) is 4.39 Å². The molecule has 0 bridgehead atoms. The van der Waals surface area contributed by atoms with Crippen LogP contribution in [0, 0.1) is 5.82 Å². The molecule has 7 nitrogen and oxygen atoms in total. The lowest BCUT2D eigenvalue weighted by atomic mass is 10.1. The van der Waals surface area contributed by atoms with Crippen LogP contribution in [0.15, 0.2) is 36.4 Å². The second kappa shape index (κ2) is 7.05. The Morgan fingerprint density at radius 1 is 1.25 bits per heavy atom. The third-order valence-corrected chi connectivity index (χ3v) is 4.68. The van der Waals surface area contributed by atoms with Gasteiger partial charge in [-0.3, -0.25) is 5.10 Å². The lowest BCUT2D eigenvalue weighted by Gasteiger charge is -2.13. The second-order valence-electron chi connectivity index (χ2n) is 6.85. The Bertz CT molecular complexity index is 1180. The summed E-state index contributed by atoms with van der Waals surface area (Å²) >= 11 is 0. The maximum Gasteiger partial charge on any atom is 0.337 e. The van der Waals surface area contributed by atoms with Crippen LogP contribution in [0.1, 0.15) is 10.4 Å². The molecule has 2 heterocycles. The van der Waals surface area contributed by atoms with Gasteiger partial charge in [-0.1, -0.05) is 0 Å². The van der Waals surface area contributed by atoms with E-state index in [0.29, 0.717) is 34.7 Å². The number of aromatic amines is 1. The minimum atomic E-state index is -0.419. The number of H-pyrrole nitrogens is 1. The minimum absolute atomic E-state index is 0.315. The van der Waals surface area contributed by atoms with Crippen LogP contribution in [0.5, 0.6) is 0 Å². The summed E-state index contributed by atoms with van der Waals surface area (Å²) in [5, 5.41) is 8.16. The third kappa shape index (κ3) is 3.11. The normalized spacial score (nSPS) is 11.6. The number of rotatable bonds is 5. The lowest BCUT2D eigenvalue weighted by Crippen LogP contribution is -2.19. The van der Waals surface area contributed by atoms with Crippen LogP contribution >= 0.6 is 0 Å². The molecule has 4 aromatic rings. The standard InChI is InChI=1S/C20H20FN5O2/c1-25(2)8-9-26-17-11-13(21)5-7-16(17)22-19(26)18-14-10-12(20(27)28-3)4-6-15(14)23-24-18/h4-7,10-11H,8-9H2,1-3H3,(H,23,24). The Hall–Kier alpha value is -3.26. The van der Waals surface area contributed by atoms with Crippen LogP contribution in [-0.2, 0) is 11.3 Å². The minimum Gasteiger partial charge on any atom is -0.465 e. The van der Waals surface area contributed by atoms with Crippen molar-refractivity contribution < 1.29 is 13.9 Å². The van der Waals surface area contributed by atoms with E-state index in [1.54, 1.807) is 24.3 Å². The molecule has 0 saturated heterocycles. The number of esters is 1. The summed E-state index contributed by atoms with van der Waals surface area (Å²) in [4.78, 5) is 18.7. The van der Waals surface area contributed by atoms with E-state index >= 15 is 0 Å². The van der Waals surface area contributed by atoms with Gasteiger partial charge in [-0.15, -0.1) is 0 Å². The summed E-state index contributed by atoms with van der Waals surface area (Å²) in [7, 11) is 5.30. The Morgan fingerprint density at radius 3 is 2.82 bits per heavy atom. The molecule has 0 saturated carbocycles. The molecule has 0 aliphatic heterocycles. The fraction of sp³-hybridized carbons (Fsp3) is 0.250. The molecule has 8 heteroatoms. The molecule has 0 atom stereocenters. The summed E-state index contributed by atoms with van der Waals surface area (Å²) in [5.74, 6) is -0.113. The molecule has 4 rings (SSSR count). The topological polar surface area (TPSA) is 76.0 Å². The molecule has 0 spiro atoms. The van der Waals surface area contributed by atoms with Gasteiger partial charge in [-0.25, -0.2) is 14.2 Å². The number of imidazole rings is 1. The van der Waals surface area contributed by atoms with Gasteiger partial charge >= 0.3 is 5.97 Å². The highest BCUT2D eigenvalue weighted by Crippen LogP contribution is 2.30. The number of carbonyl (C=O) groups excluding carboxylic acids is 1. The molecule has 144 valence electrons. The molecule has 2 aromatic carbocycles. The first-order chi connectivity index (χ1) is 13.5. The third-order valence-electron chi connectivity index (χ3n) is 4.68. The van der Waals surface area contributed by atoms with Gasteiger partial charge in [0.1, 0.15) is 11.5 Å². The Morgan fingerprint density at radius 2 is 2.07 bits per heavy atom. The molecule has 0 aliphatic rings. The molecular weight excluding hydrogens is 361 g/mol. The Kier molecular flexibility index (Phi) is 4.56. The largest absolute Gasteiger partial charge is 0.465 e. The Balaban J connectivity index is 1.92. The lowest BCUT2D eigenvalue weighted by molar-refractivity contribution is 0.0601. The summed E-state index contributed by atoms with van der Waals surface area (Å²) in [6.45, 7) is 1.37. The van der Waals surface area contributed by atoms with Crippen molar-refractivity contribution in [2.45, 2.75) is 6.54 Å². The van der Waals surface area contributed by atoms with Crippen molar-refractivity contribution in [2.24, 2.45) is 0 Å². The Labute approximate surface area is 160 Å². The van der Waals surface area contributed by atoms with E-state index < -0.39 is 5.97 Å². The van der Waals surface area contributed by atoms with E-state index in [0.717, 1.165) is 17.4 Å². The van der Waals surface area contributed by atoms with Crippen molar-refractivity contribution >= 4 is 27.9 Å². The SMILES string of the molecule is COC(=O)c1ccc2[nH]nc(-c3nc4ccc(F)cc4n3CCN(C)C)c2c1. The number of nitrogens with zero attached hydrogens (tertiary/aromatic N) is 4. The predicted octanol–water partition coefficient (Wildman–Crippen LogP) is 3.07. The average Bonchev–Trinajstić information content (AvgIpc) is 3.25. The highest BCUT2D eigenvalue weighted by atomic mass is 19.1. The van der Waals surface area contributed by atoms with Gasteiger partial charge < -0.3 is 14.2 Å². The van der Waals surface area contributed by atoms with Crippen LogP contribution in [0.2, 0.25) is 0 Å². The van der Waals surface area contributed by atoms with Crippen molar-refractivity contribution in [1.29, 1.82) is 0 Å². The monoisotopic (exact) mass is 381 g/mol. The zero-order valence-electron chi connectivity index (χ0n) is 15.9. The first kappa shape index (κ1) is 18.1. The molecule has 2 aromatic heterocycles. The molecule has 0 unspecified atom stereocenters. The van der Waals surface area contributed by atoms with Gasteiger partial charge in [-0.2, -0.15) is 5.10 Å². The van der Waals surface area contributed by atoms with Crippen LogP contribution in [0.25, 0.3) is 33.5 Å². The number of fused-ring (bicyclic) bond motifs is 2. The molecule has 0 fully saturated rings. The van der Waals surface area contributed by atoms with Crippen LogP contribution < -0.4 is 0 Å². The molecule has 1 N–H and O–H groups in total. The van der Waals surface area contributed by atoms with Gasteiger partial charge in [0.2, 0.25) is 0 Å². The predicted molar refractivity (Wildman–Crippen MR) is 105 cm³/mol. The van der Waals surface area contributed by atoms with Crippen molar-refractivity contribution in [2.75, 3.05) is 27.7 Å². The van der Waals surface area contributed by atoms with Crippen LogP contribution in [-0.4, -0.2) is 58.4 Å². The van der Waals surface area contributed by atoms with Crippen LogP contribution in [0.3, 0.4) is 0 Å². The fourth-order valence-corrected chi connectivity index (χ4v) is 3.23. The van der Waals surface area contributed by atoms with E-state index in [1.165, 1.54) is 19.2 Å². The molecular formula is C20H20FN5O2. The van der Waals surface area contributed by atoms with E-state index in [1.807, 2.05) is 23.6 Å². The van der Waals surface area contributed by atoms with E-state index in [4.69, 9.17) is 9.72 Å². The molecule has 0 radical (unpaired) electrons. The zero-order valence-corrected chi connectivity index (χ0v) is 15.9. The number of ether oxygens (including phenoxy) is 1. The number of benzene rings is 2. The zero-order chi connectivity index (χ0) is 19.8. The summed E-state index contributed by atoms with van der Waals surface area (Å²) in [6.07, 6.45) is 0. The smallest absolute Gasteiger partial charge is 0.337 e. The number of hydrogen-bond donors (Lipinski definition) is 1. The van der Waals surface area contributed by atoms with Gasteiger partial charge in [0.15, 0.2) is 5.82 Å². The number of likely N-dealkylation sites (N-methyl/N-ethyl adjacent to an activating group) is 1. The second-order valence-corrected chi connectivity index (χ2v) is 6.85. The van der Waals surface area contributed by atoms with Crippen molar-refractivity contribution in [1.82, 2.24) is 24.6 Å². The van der Waals surface area contributed by atoms with E-state index in [2.05, 4.69) is 10.2 Å². The van der Waals surface area contributed by atoms with Gasteiger partial charge in [-0.05, 0) is 50.5 Å². The number of carbonyl (C=O) groups is 1. The first-order valence-corrected chi connectivity index (χ1v) is 8.85. The van der Waals surface area contributed by atoms with Crippen molar-refractivity contribution in [3.63, 3.8) is 0 Å².